The zero-order chi connectivity index (χ0) is 16.5. The van der Waals surface area contributed by atoms with Crippen molar-refractivity contribution < 1.29 is 4.79 Å². The molecule has 0 atom stereocenters. The highest BCUT2D eigenvalue weighted by atomic mass is 16.2. The van der Waals surface area contributed by atoms with Crippen LogP contribution in [0.5, 0.6) is 0 Å². The molecule has 1 amide bonds. The van der Waals surface area contributed by atoms with Crippen molar-refractivity contribution in [2.75, 3.05) is 13.1 Å². The van der Waals surface area contributed by atoms with E-state index >= 15 is 0 Å². The molecule has 2 aliphatic rings. The molecule has 0 radical (unpaired) electrons. The summed E-state index contributed by atoms with van der Waals surface area (Å²) < 4.78 is 1.71. The lowest BCUT2D eigenvalue weighted by molar-refractivity contribution is 0.0676. The van der Waals surface area contributed by atoms with Gasteiger partial charge in [-0.15, -0.1) is 0 Å². The van der Waals surface area contributed by atoms with Gasteiger partial charge in [0.2, 0.25) is 0 Å². The molecule has 0 aromatic carbocycles. The zero-order valence-electron chi connectivity index (χ0n) is 13.5. The minimum absolute atomic E-state index is 0.00132. The van der Waals surface area contributed by atoms with Gasteiger partial charge >= 0.3 is 0 Å². The van der Waals surface area contributed by atoms with Crippen LogP contribution in [0.2, 0.25) is 0 Å². The van der Waals surface area contributed by atoms with Gasteiger partial charge in [0, 0.05) is 37.8 Å². The van der Waals surface area contributed by atoms with Crippen molar-refractivity contribution in [2.24, 2.45) is 5.92 Å². The number of rotatable bonds is 4. The third kappa shape index (κ3) is 3.11. The Morgan fingerprint density at radius 3 is 2.67 bits per heavy atom. The molecule has 7 nitrogen and oxygen atoms in total. The first kappa shape index (κ1) is 15.1. The van der Waals surface area contributed by atoms with Gasteiger partial charge in [-0.3, -0.25) is 19.3 Å². The Morgan fingerprint density at radius 2 is 2.04 bits per heavy atom. The largest absolute Gasteiger partial charge is 0.337 e. The average molecular weight is 327 g/mol. The second-order valence-corrected chi connectivity index (χ2v) is 6.78. The Morgan fingerprint density at radius 1 is 1.25 bits per heavy atom. The lowest BCUT2D eigenvalue weighted by atomic mass is 9.96. The molecule has 2 fully saturated rings. The second-order valence-electron chi connectivity index (χ2n) is 6.78. The summed E-state index contributed by atoms with van der Waals surface area (Å²) in [5.41, 5.74) is 1.52. The third-order valence-corrected chi connectivity index (χ3v) is 4.98. The minimum atomic E-state index is -0.00132. The Kier molecular flexibility index (Phi) is 3.92. The molecule has 1 N–H and O–H groups in total. The highest BCUT2D eigenvalue weighted by molar-refractivity contribution is 5.92. The fraction of sp³-hybridized carbons (Fsp3) is 0.529. The molecular formula is C17H21N5O2. The van der Waals surface area contributed by atoms with Crippen molar-refractivity contribution in [2.45, 2.75) is 38.1 Å². The van der Waals surface area contributed by atoms with Gasteiger partial charge < -0.3 is 4.90 Å². The van der Waals surface area contributed by atoms with E-state index in [0.717, 1.165) is 31.4 Å². The molecular weight excluding hydrogens is 306 g/mol. The van der Waals surface area contributed by atoms with Crippen LogP contribution < -0.4 is 5.56 Å². The van der Waals surface area contributed by atoms with Crippen LogP contribution in [0.4, 0.5) is 0 Å². The van der Waals surface area contributed by atoms with Gasteiger partial charge in [0.25, 0.3) is 11.5 Å². The summed E-state index contributed by atoms with van der Waals surface area (Å²) in [5, 5.41) is 6.54. The fourth-order valence-electron chi connectivity index (χ4n) is 3.32. The number of hydrogen-bond donors (Lipinski definition) is 1. The smallest absolute Gasteiger partial charge is 0.271 e. The van der Waals surface area contributed by atoms with Crippen LogP contribution in [0.25, 0.3) is 0 Å². The molecule has 1 saturated carbocycles. The van der Waals surface area contributed by atoms with Crippen molar-refractivity contribution in [1.29, 1.82) is 0 Å². The highest BCUT2D eigenvalue weighted by Crippen LogP contribution is 2.38. The molecule has 1 aliphatic heterocycles. The molecule has 0 unspecified atom stereocenters. The fourth-order valence-corrected chi connectivity index (χ4v) is 3.32. The molecule has 2 aromatic rings. The first-order valence-electron chi connectivity index (χ1n) is 8.56. The van der Waals surface area contributed by atoms with Gasteiger partial charge in [0.15, 0.2) is 0 Å². The van der Waals surface area contributed by atoms with Crippen LogP contribution >= 0.6 is 0 Å². The number of hydrogen-bond acceptors (Lipinski definition) is 4. The Labute approximate surface area is 139 Å². The summed E-state index contributed by atoms with van der Waals surface area (Å²) >= 11 is 0. The molecule has 7 heteroatoms. The number of aromatic amines is 1. The first-order chi connectivity index (χ1) is 11.7. The van der Waals surface area contributed by atoms with E-state index in [0.29, 0.717) is 37.2 Å². The Balaban J connectivity index is 1.35. The van der Waals surface area contributed by atoms with Crippen molar-refractivity contribution in [3.63, 3.8) is 0 Å². The SMILES string of the molecule is O=C(c1ccn[nH]1)N1CCC(Cn2cnc(C3CC3)cc2=O)CC1. The zero-order valence-corrected chi connectivity index (χ0v) is 13.5. The predicted octanol–water partition coefficient (Wildman–Crippen LogP) is 1.40. The van der Waals surface area contributed by atoms with Crippen LogP contribution in [0, 0.1) is 5.92 Å². The lowest BCUT2D eigenvalue weighted by Gasteiger charge is -2.31. The van der Waals surface area contributed by atoms with Crippen molar-refractivity contribution in [1.82, 2.24) is 24.6 Å². The quantitative estimate of drug-likeness (QED) is 0.920. The number of H-pyrrole nitrogens is 1. The Bertz CT molecular complexity index is 771. The van der Waals surface area contributed by atoms with Crippen LogP contribution in [-0.2, 0) is 6.54 Å². The van der Waals surface area contributed by atoms with Crippen LogP contribution in [0.3, 0.4) is 0 Å². The molecule has 24 heavy (non-hydrogen) atoms. The van der Waals surface area contributed by atoms with Gasteiger partial charge in [-0.1, -0.05) is 0 Å². The third-order valence-electron chi connectivity index (χ3n) is 4.98. The van der Waals surface area contributed by atoms with E-state index in [1.54, 1.807) is 29.2 Å². The Hall–Kier alpha value is -2.44. The van der Waals surface area contributed by atoms with Gasteiger partial charge in [-0.05, 0) is 37.7 Å². The molecule has 1 aliphatic carbocycles. The monoisotopic (exact) mass is 327 g/mol. The number of carbonyl (C=O) groups is 1. The molecule has 3 heterocycles. The lowest BCUT2D eigenvalue weighted by Crippen LogP contribution is -2.40. The standard InChI is InChI=1S/C17H21N5O2/c23-16-9-15(13-1-2-13)18-11-22(16)10-12-4-7-21(8-5-12)17(24)14-3-6-19-20-14/h3,6,9,11-13H,1-2,4-5,7-8,10H2,(H,19,20). The maximum Gasteiger partial charge on any atom is 0.271 e. The summed E-state index contributed by atoms with van der Waals surface area (Å²) in [6.07, 6.45) is 7.38. The molecule has 2 aromatic heterocycles. The van der Waals surface area contributed by atoms with Gasteiger partial charge in [-0.2, -0.15) is 5.10 Å². The van der Waals surface area contributed by atoms with Gasteiger partial charge in [0.05, 0.1) is 12.0 Å². The molecule has 126 valence electrons. The van der Waals surface area contributed by atoms with Crippen molar-refractivity contribution >= 4 is 5.91 Å². The summed E-state index contributed by atoms with van der Waals surface area (Å²) in [4.78, 5) is 30.8. The summed E-state index contributed by atoms with van der Waals surface area (Å²) in [7, 11) is 0. The maximum absolute atomic E-state index is 12.3. The van der Waals surface area contributed by atoms with E-state index in [9.17, 15) is 9.59 Å². The number of likely N-dealkylation sites (tertiary alicyclic amines) is 1. The number of amides is 1. The number of carbonyl (C=O) groups excluding carboxylic acids is 1. The highest BCUT2D eigenvalue weighted by Gasteiger charge is 2.27. The number of nitrogens with one attached hydrogen (secondary N) is 1. The molecule has 4 rings (SSSR count). The number of nitrogens with zero attached hydrogens (tertiary/aromatic N) is 4. The molecule has 0 spiro atoms. The van der Waals surface area contributed by atoms with Crippen LogP contribution in [-0.4, -0.2) is 43.6 Å². The predicted molar refractivity (Wildman–Crippen MR) is 87.7 cm³/mol. The van der Waals surface area contributed by atoms with E-state index in [1.807, 2.05) is 4.90 Å². The topological polar surface area (TPSA) is 83.9 Å². The normalized spacial score (nSPS) is 18.8. The summed E-state index contributed by atoms with van der Waals surface area (Å²) in [6.45, 7) is 2.11. The summed E-state index contributed by atoms with van der Waals surface area (Å²) in [5.74, 6) is 0.907. The molecule has 0 bridgehead atoms. The van der Waals surface area contributed by atoms with Crippen molar-refractivity contribution in [3.05, 3.63) is 46.4 Å². The van der Waals surface area contributed by atoms with E-state index in [1.165, 1.54) is 0 Å². The van der Waals surface area contributed by atoms with E-state index in [-0.39, 0.29) is 11.5 Å². The molecule has 1 saturated heterocycles. The van der Waals surface area contributed by atoms with E-state index in [2.05, 4.69) is 15.2 Å². The van der Waals surface area contributed by atoms with Crippen molar-refractivity contribution in [3.8, 4) is 0 Å². The number of piperidine rings is 1. The second kappa shape index (κ2) is 6.22. The van der Waals surface area contributed by atoms with Crippen LogP contribution in [0.1, 0.15) is 47.8 Å². The minimum Gasteiger partial charge on any atom is -0.337 e. The van der Waals surface area contributed by atoms with Crippen LogP contribution in [0.15, 0.2) is 29.5 Å². The first-order valence-corrected chi connectivity index (χ1v) is 8.56. The average Bonchev–Trinajstić information content (AvgIpc) is 3.31. The van der Waals surface area contributed by atoms with E-state index in [4.69, 9.17) is 0 Å². The van der Waals surface area contributed by atoms with Gasteiger partial charge in [0.1, 0.15) is 5.69 Å². The summed E-state index contributed by atoms with van der Waals surface area (Å²) in [6, 6.07) is 3.38. The number of aromatic nitrogens is 4. The van der Waals surface area contributed by atoms with E-state index < -0.39 is 0 Å². The maximum atomic E-state index is 12.3. The van der Waals surface area contributed by atoms with Gasteiger partial charge in [-0.25, -0.2) is 4.98 Å².